The Bertz CT molecular complexity index is 438. The Morgan fingerprint density at radius 3 is 2.67 bits per heavy atom. The maximum absolute atomic E-state index is 5.00. The van der Waals surface area contributed by atoms with Crippen LogP contribution >= 0.6 is 11.3 Å². The van der Waals surface area contributed by atoms with Crippen molar-refractivity contribution in [1.29, 1.82) is 0 Å². The monoisotopic (exact) mass is 221 g/mol. The molecule has 4 nitrogen and oxygen atoms in total. The number of nitrogens with zero attached hydrogens (tertiary/aromatic N) is 2. The quantitative estimate of drug-likeness (QED) is 0.863. The molecule has 0 radical (unpaired) electrons. The number of ether oxygens (including phenoxy) is 1. The molecular weight excluding hydrogens is 210 g/mol. The highest BCUT2D eigenvalue weighted by atomic mass is 32.1. The third kappa shape index (κ3) is 2.07. The van der Waals surface area contributed by atoms with Crippen LogP contribution in [0.1, 0.15) is 0 Å². The Hall–Kier alpha value is -1.62. The normalized spacial score (nSPS) is 10.0. The van der Waals surface area contributed by atoms with Crippen LogP contribution in [0.4, 0.5) is 5.13 Å². The highest BCUT2D eigenvalue weighted by Crippen LogP contribution is 2.28. The van der Waals surface area contributed by atoms with Crippen LogP contribution in [0, 0.1) is 0 Å². The van der Waals surface area contributed by atoms with Gasteiger partial charge >= 0.3 is 0 Å². The van der Waals surface area contributed by atoms with Crippen LogP contribution in [0.3, 0.4) is 0 Å². The summed E-state index contributed by atoms with van der Waals surface area (Å²) in [5.41, 5.74) is 1.05. The molecule has 15 heavy (non-hydrogen) atoms. The zero-order valence-corrected chi connectivity index (χ0v) is 9.34. The van der Waals surface area contributed by atoms with Gasteiger partial charge in [-0.15, -0.1) is 0 Å². The van der Waals surface area contributed by atoms with Gasteiger partial charge in [0, 0.05) is 31.1 Å². The molecule has 2 aromatic heterocycles. The molecule has 1 N–H and O–H groups in total. The second-order valence-electron chi connectivity index (χ2n) is 2.87. The molecule has 0 unspecified atom stereocenters. The first-order valence-corrected chi connectivity index (χ1v) is 5.29. The van der Waals surface area contributed by atoms with E-state index in [1.807, 2.05) is 25.4 Å². The fraction of sp³-hybridized carbons (Fsp3) is 0.200. The van der Waals surface area contributed by atoms with Gasteiger partial charge in [0.05, 0.1) is 12.0 Å². The van der Waals surface area contributed by atoms with Crippen LogP contribution in [-0.2, 0) is 0 Å². The lowest BCUT2D eigenvalue weighted by Gasteiger charge is -1.99. The van der Waals surface area contributed by atoms with Gasteiger partial charge in [-0.1, -0.05) is 11.3 Å². The van der Waals surface area contributed by atoms with Crippen molar-refractivity contribution in [2.24, 2.45) is 0 Å². The van der Waals surface area contributed by atoms with E-state index < -0.39 is 0 Å². The first-order valence-electron chi connectivity index (χ1n) is 4.47. The number of methoxy groups -OCH3 is 1. The second kappa shape index (κ2) is 4.27. The molecule has 2 rings (SSSR count). The molecule has 2 heterocycles. The molecule has 78 valence electrons. The van der Waals surface area contributed by atoms with Gasteiger partial charge in [0.25, 0.3) is 0 Å². The maximum Gasteiger partial charge on any atom is 0.212 e. The molecule has 0 saturated heterocycles. The number of anilines is 1. The molecule has 0 spiro atoms. The number of aromatic nitrogens is 2. The summed E-state index contributed by atoms with van der Waals surface area (Å²) in [5, 5.41) is 3.91. The van der Waals surface area contributed by atoms with Crippen LogP contribution in [0.2, 0.25) is 0 Å². The standard InChI is InChI=1S/C10H11N3OS/c1-11-10-13-6-8(15-10)7-3-4-9(14-2)12-5-7/h3-6H,1-2H3,(H,11,13). The SMILES string of the molecule is CNc1ncc(-c2ccc(OC)nc2)s1. The molecule has 0 aliphatic carbocycles. The van der Waals surface area contributed by atoms with Crippen LogP contribution in [0.15, 0.2) is 24.5 Å². The minimum atomic E-state index is 0.622. The molecule has 0 saturated carbocycles. The summed E-state index contributed by atoms with van der Waals surface area (Å²) in [6.07, 6.45) is 3.62. The van der Waals surface area contributed by atoms with E-state index in [-0.39, 0.29) is 0 Å². The number of rotatable bonds is 3. The number of hydrogen-bond acceptors (Lipinski definition) is 5. The Labute approximate surface area is 92.0 Å². The zero-order valence-electron chi connectivity index (χ0n) is 8.52. The molecule has 0 atom stereocenters. The fourth-order valence-corrected chi connectivity index (χ4v) is 1.93. The molecule has 0 fully saturated rings. The van der Waals surface area contributed by atoms with E-state index in [2.05, 4.69) is 15.3 Å². The van der Waals surface area contributed by atoms with E-state index in [1.54, 1.807) is 24.6 Å². The molecule has 5 heteroatoms. The predicted octanol–water partition coefficient (Wildman–Crippen LogP) is 2.26. The second-order valence-corrected chi connectivity index (χ2v) is 3.90. The van der Waals surface area contributed by atoms with Gasteiger partial charge in [-0.2, -0.15) is 0 Å². The molecular formula is C10H11N3OS. The largest absolute Gasteiger partial charge is 0.481 e. The lowest BCUT2D eigenvalue weighted by Crippen LogP contribution is -1.85. The lowest BCUT2D eigenvalue weighted by atomic mass is 10.2. The van der Waals surface area contributed by atoms with Crippen molar-refractivity contribution >= 4 is 16.5 Å². The number of pyridine rings is 1. The highest BCUT2D eigenvalue weighted by Gasteiger charge is 2.03. The predicted molar refractivity (Wildman–Crippen MR) is 61.4 cm³/mol. The van der Waals surface area contributed by atoms with Gasteiger partial charge in [-0.25, -0.2) is 9.97 Å². The van der Waals surface area contributed by atoms with Gasteiger partial charge in [0.15, 0.2) is 5.13 Å². The first kappa shape index (κ1) is 9.92. The van der Waals surface area contributed by atoms with Crippen molar-refractivity contribution in [2.45, 2.75) is 0 Å². The van der Waals surface area contributed by atoms with Crippen molar-refractivity contribution in [3.63, 3.8) is 0 Å². The van der Waals surface area contributed by atoms with E-state index in [4.69, 9.17) is 4.74 Å². The van der Waals surface area contributed by atoms with Crippen molar-refractivity contribution < 1.29 is 4.74 Å². The van der Waals surface area contributed by atoms with Crippen LogP contribution in [-0.4, -0.2) is 24.1 Å². The Balaban J connectivity index is 2.28. The Morgan fingerprint density at radius 2 is 2.13 bits per heavy atom. The molecule has 2 aromatic rings. The molecule has 0 aliphatic heterocycles. The topological polar surface area (TPSA) is 47.0 Å². The van der Waals surface area contributed by atoms with Crippen LogP contribution in [0.25, 0.3) is 10.4 Å². The number of hydrogen-bond donors (Lipinski definition) is 1. The van der Waals surface area contributed by atoms with E-state index in [0.29, 0.717) is 5.88 Å². The molecule has 0 bridgehead atoms. The Kier molecular flexibility index (Phi) is 2.82. The third-order valence-electron chi connectivity index (χ3n) is 1.95. The van der Waals surface area contributed by atoms with Crippen molar-refractivity contribution in [2.75, 3.05) is 19.5 Å². The lowest BCUT2D eigenvalue weighted by molar-refractivity contribution is 0.398. The highest BCUT2D eigenvalue weighted by molar-refractivity contribution is 7.18. The minimum absolute atomic E-state index is 0.622. The summed E-state index contributed by atoms with van der Waals surface area (Å²) in [6, 6.07) is 3.81. The van der Waals surface area contributed by atoms with Gasteiger partial charge in [0.1, 0.15) is 0 Å². The third-order valence-corrected chi connectivity index (χ3v) is 3.01. The van der Waals surface area contributed by atoms with E-state index in [1.165, 1.54) is 0 Å². The van der Waals surface area contributed by atoms with Crippen molar-refractivity contribution in [1.82, 2.24) is 9.97 Å². The van der Waals surface area contributed by atoms with E-state index in [9.17, 15) is 0 Å². The molecule has 0 amide bonds. The summed E-state index contributed by atoms with van der Waals surface area (Å²) in [6.45, 7) is 0. The average molecular weight is 221 g/mol. The summed E-state index contributed by atoms with van der Waals surface area (Å²) >= 11 is 1.60. The van der Waals surface area contributed by atoms with Gasteiger partial charge < -0.3 is 10.1 Å². The van der Waals surface area contributed by atoms with Crippen molar-refractivity contribution in [3.8, 4) is 16.3 Å². The number of nitrogens with one attached hydrogen (secondary N) is 1. The van der Waals surface area contributed by atoms with Gasteiger partial charge in [-0.05, 0) is 6.07 Å². The molecule has 0 aromatic carbocycles. The summed E-state index contributed by atoms with van der Waals surface area (Å²) in [4.78, 5) is 9.44. The summed E-state index contributed by atoms with van der Waals surface area (Å²) < 4.78 is 5.00. The van der Waals surface area contributed by atoms with Crippen molar-refractivity contribution in [3.05, 3.63) is 24.5 Å². The Morgan fingerprint density at radius 1 is 1.27 bits per heavy atom. The van der Waals surface area contributed by atoms with Gasteiger partial charge in [0.2, 0.25) is 5.88 Å². The fourth-order valence-electron chi connectivity index (χ4n) is 1.17. The zero-order chi connectivity index (χ0) is 10.7. The summed E-state index contributed by atoms with van der Waals surface area (Å²) in [5.74, 6) is 0.622. The molecule has 0 aliphatic rings. The van der Waals surface area contributed by atoms with E-state index >= 15 is 0 Å². The van der Waals surface area contributed by atoms with Gasteiger partial charge in [-0.3, -0.25) is 0 Å². The van der Waals surface area contributed by atoms with Crippen LogP contribution < -0.4 is 10.1 Å². The van der Waals surface area contributed by atoms with Crippen LogP contribution in [0.5, 0.6) is 5.88 Å². The maximum atomic E-state index is 5.00. The number of thiazole rings is 1. The first-order chi connectivity index (χ1) is 7.33. The van der Waals surface area contributed by atoms with E-state index in [0.717, 1.165) is 15.6 Å². The summed E-state index contributed by atoms with van der Waals surface area (Å²) in [7, 11) is 3.46. The minimum Gasteiger partial charge on any atom is -0.481 e. The smallest absolute Gasteiger partial charge is 0.212 e. The average Bonchev–Trinajstić information content (AvgIpc) is 2.78.